The minimum absolute atomic E-state index is 0.323. The third-order valence-corrected chi connectivity index (χ3v) is 1.64. The summed E-state index contributed by atoms with van der Waals surface area (Å²) in [4.78, 5) is 4.10. The molecule has 0 amide bonds. The first-order valence-electron chi connectivity index (χ1n) is 3.93. The van der Waals surface area contributed by atoms with Gasteiger partial charge in [0.15, 0.2) is 0 Å². The molecule has 1 rings (SSSR count). The predicted octanol–water partition coefficient (Wildman–Crippen LogP) is 3.15. The number of rotatable bonds is 2. The molecule has 0 saturated carbocycles. The quantitative estimate of drug-likeness (QED) is 0.656. The third-order valence-electron chi connectivity index (χ3n) is 1.64. The molecule has 1 aromatic heterocycles. The average molecular weight is 165 g/mol. The normalized spacial score (nSPS) is 10.3. The monoisotopic (exact) mass is 165 g/mol. The van der Waals surface area contributed by atoms with Crippen LogP contribution in [0.3, 0.4) is 0 Å². The van der Waals surface area contributed by atoms with Crippen LogP contribution in [0.4, 0.5) is 4.39 Å². The Morgan fingerprint density at radius 3 is 2.67 bits per heavy atom. The van der Waals surface area contributed by atoms with Gasteiger partial charge in [0.25, 0.3) is 0 Å². The van der Waals surface area contributed by atoms with Gasteiger partial charge >= 0.3 is 0 Å². The SMILES string of the molecule is C=C(F)c1cccc(C(C)C)n1. The Balaban J connectivity index is 3.04. The maximum absolute atomic E-state index is 12.6. The standard InChI is InChI=1S/C10H12FN/c1-7(2)9-5-4-6-10(12-9)8(3)11/h4-7H,3H2,1-2H3. The van der Waals surface area contributed by atoms with E-state index in [1.165, 1.54) is 0 Å². The molecule has 0 aromatic carbocycles. The van der Waals surface area contributed by atoms with Crippen molar-refractivity contribution in [3.63, 3.8) is 0 Å². The van der Waals surface area contributed by atoms with Gasteiger partial charge in [0.2, 0.25) is 0 Å². The van der Waals surface area contributed by atoms with Crippen molar-refractivity contribution in [3.05, 3.63) is 36.2 Å². The van der Waals surface area contributed by atoms with Crippen molar-refractivity contribution in [2.24, 2.45) is 0 Å². The van der Waals surface area contributed by atoms with Crippen LogP contribution in [0.1, 0.15) is 31.2 Å². The van der Waals surface area contributed by atoms with Gasteiger partial charge in [-0.1, -0.05) is 26.5 Å². The highest BCUT2D eigenvalue weighted by atomic mass is 19.1. The van der Waals surface area contributed by atoms with Crippen molar-refractivity contribution in [1.29, 1.82) is 0 Å². The van der Waals surface area contributed by atoms with Crippen LogP contribution >= 0.6 is 0 Å². The van der Waals surface area contributed by atoms with E-state index in [-0.39, 0.29) is 0 Å². The van der Waals surface area contributed by atoms with E-state index < -0.39 is 5.83 Å². The average Bonchev–Trinajstić information content (AvgIpc) is 2.04. The zero-order chi connectivity index (χ0) is 9.14. The lowest BCUT2D eigenvalue weighted by atomic mass is 10.1. The molecule has 2 heteroatoms. The first-order chi connectivity index (χ1) is 5.61. The summed E-state index contributed by atoms with van der Waals surface area (Å²) < 4.78 is 12.6. The molecule has 1 nitrogen and oxygen atoms in total. The Labute approximate surface area is 72.0 Å². The highest BCUT2D eigenvalue weighted by Crippen LogP contribution is 2.15. The molecule has 0 spiro atoms. The number of pyridine rings is 1. The van der Waals surface area contributed by atoms with Crippen molar-refractivity contribution < 1.29 is 4.39 Å². The van der Waals surface area contributed by atoms with Gasteiger partial charge in [-0.3, -0.25) is 4.98 Å². The van der Waals surface area contributed by atoms with Crippen molar-refractivity contribution in [3.8, 4) is 0 Å². The van der Waals surface area contributed by atoms with Gasteiger partial charge in [-0.2, -0.15) is 0 Å². The summed E-state index contributed by atoms with van der Waals surface area (Å²) in [5.74, 6) is -0.151. The van der Waals surface area contributed by atoms with Gasteiger partial charge in [-0.05, 0) is 18.1 Å². The van der Waals surface area contributed by atoms with Crippen molar-refractivity contribution in [2.45, 2.75) is 19.8 Å². The number of hydrogen-bond acceptors (Lipinski definition) is 1. The van der Waals surface area contributed by atoms with Crippen LogP contribution < -0.4 is 0 Å². The smallest absolute Gasteiger partial charge is 0.141 e. The van der Waals surface area contributed by atoms with Crippen LogP contribution in [0.25, 0.3) is 5.83 Å². The second-order valence-corrected chi connectivity index (χ2v) is 3.01. The van der Waals surface area contributed by atoms with Crippen molar-refractivity contribution in [2.75, 3.05) is 0 Å². The van der Waals surface area contributed by atoms with Gasteiger partial charge in [0, 0.05) is 5.69 Å². The minimum Gasteiger partial charge on any atom is -0.250 e. The van der Waals surface area contributed by atoms with Crippen LogP contribution in [0.5, 0.6) is 0 Å². The molecule has 0 saturated heterocycles. The van der Waals surface area contributed by atoms with Gasteiger partial charge in [0.05, 0.1) is 5.69 Å². The number of hydrogen-bond donors (Lipinski definition) is 0. The number of aromatic nitrogens is 1. The van der Waals surface area contributed by atoms with Crippen molar-refractivity contribution >= 4 is 5.83 Å². The van der Waals surface area contributed by atoms with Gasteiger partial charge in [-0.25, -0.2) is 4.39 Å². The van der Waals surface area contributed by atoms with Gasteiger partial charge < -0.3 is 0 Å². The van der Waals surface area contributed by atoms with Crippen LogP contribution in [0, 0.1) is 0 Å². The summed E-state index contributed by atoms with van der Waals surface area (Å²) in [7, 11) is 0. The fraction of sp³-hybridized carbons (Fsp3) is 0.300. The van der Waals surface area contributed by atoms with Gasteiger partial charge in [-0.15, -0.1) is 0 Å². The fourth-order valence-electron chi connectivity index (χ4n) is 0.924. The van der Waals surface area contributed by atoms with E-state index in [2.05, 4.69) is 11.6 Å². The van der Waals surface area contributed by atoms with Gasteiger partial charge in [0.1, 0.15) is 5.83 Å². The first kappa shape index (κ1) is 8.91. The van der Waals surface area contributed by atoms with E-state index in [0.29, 0.717) is 11.6 Å². The van der Waals surface area contributed by atoms with E-state index in [4.69, 9.17) is 0 Å². The van der Waals surface area contributed by atoms with Crippen LogP contribution in [0.15, 0.2) is 24.8 Å². The molecule has 0 aliphatic rings. The molecule has 0 atom stereocenters. The molecule has 1 heterocycles. The third kappa shape index (κ3) is 1.91. The highest BCUT2D eigenvalue weighted by Gasteiger charge is 2.03. The lowest BCUT2D eigenvalue weighted by Gasteiger charge is -2.04. The molecule has 0 N–H and O–H groups in total. The maximum Gasteiger partial charge on any atom is 0.141 e. The molecule has 0 bridgehead atoms. The molecule has 0 unspecified atom stereocenters. The summed E-state index contributed by atoms with van der Waals surface area (Å²) >= 11 is 0. The molecule has 12 heavy (non-hydrogen) atoms. The Kier molecular flexibility index (Phi) is 2.58. The molecule has 1 aromatic rings. The van der Waals surface area contributed by atoms with E-state index in [0.717, 1.165) is 5.69 Å². The van der Waals surface area contributed by atoms with E-state index in [1.54, 1.807) is 12.1 Å². The predicted molar refractivity (Wildman–Crippen MR) is 48.5 cm³/mol. The summed E-state index contributed by atoms with van der Waals surface area (Å²) in [6.07, 6.45) is 0. The van der Waals surface area contributed by atoms with E-state index >= 15 is 0 Å². The van der Waals surface area contributed by atoms with Crippen LogP contribution in [0.2, 0.25) is 0 Å². The Bertz CT molecular complexity index is 292. The largest absolute Gasteiger partial charge is 0.250 e. The fourth-order valence-corrected chi connectivity index (χ4v) is 0.924. The number of halogens is 1. The van der Waals surface area contributed by atoms with Crippen LogP contribution in [-0.4, -0.2) is 4.98 Å². The molecule has 0 fully saturated rings. The molecule has 0 aliphatic heterocycles. The summed E-state index contributed by atoms with van der Waals surface area (Å²) in [5, 5.41) is 0. The molecular weight excluding hydrogens is 153 g/mol. The first-order valence-corrected chi connectivity index (χ1v) is 3.93. The van der Waals surface area contributed by atoms with E-state index in [9.17, 15) is 4.39 Å². The highest BCUT2D eigenvalue weighted by molar-refractivity contribution is 5.52. The topological polar surface area (TPSA) is 12.9 Å². The van der Waals surface area contributed by atoms with Crippen LogP contribution in [-0.2, 0) is 0 Å². The zero-order valence-electron chi connectivity index (χ0n) is 7.34. The second kappa shape index (κ2) is 3.48. The molecule has 0 aliphatic carbocycles. The molecular formula is C10H12FN. The number of nitrogens with zero attached hydrogens (tertiary/aromatic N) is 1. The van der Waals surface area contributed by atoms with E-state index in [1.807, 2.05) is 19.9 Å². The lowest BCUT2D eigenvalue weighted by Crippen LogP contribution is -1.94. The summed E-state index contributed by atoms with van der Waals surface area (Å²) in [6.45, 7) is 7.24. The zero-order valence-corrected chi connectivity index (χ0v) is 7.34. The van der Waals surface area contributed by atoms with Crippen molar-refractivity contribution in [1.82, 2.24) is 4.98 Å². The minimum atomic E-state index is -0.475. The maximum atomic E-state index is 12.6. The second-order valence-electron chi connectivity index (χ2n) is 3.01. The summed E-state index contributed by atoms with van der Waals surface area (Å²) in [6, 6.07) is 5.30. The summed E-state index contributed by atoms with van der Waals surface area (Å²) in [5.41, 5.74) is 1.23. The Morgan fingerprint density at radius 2 is 2.17 bits per heavy atom. The molecule has 0 radical (unpaired) electrons. The Morgan fingerprint density at radius 1 is 1.50 bits per heavy atom. The lowest BCUT2D eigenvalue weighted by molar-refractivity contribution is 0.746. The molecule has 64 valence electrons. The Hall–Kier alpha value is -1.18.